The van der Waals surface area contributed by atoms with Gasteiger partial charge >= 0.3 is 11.9 Å². The summed E-state index contributed by atoms with van der Waals surface area (Å²) in [5.41, 5.74) is -1.63. The summed E-state index contributed by atoms with van der Waals surface area (Å²) in [5, 5.41) is 31.1. The van der Waals surface area contributed by atoms with E-state index in [0.717, 1.165) is 10.6 Å². The minimum absolute atomic E-state index is 0.000618. The molecule has 0 bridgehead atoms. The summed E-state index contributed by atoms with van der Waals surface area (Å²) < 4.78 is 49.4. The van der Waals surface area contributed by atoms with E-state index in [1.807, 2.05) is 0 Å². The number of hydrogen-bond donors (Lipinski definition) is 3. The number of rotatable bonds is 10. The minimum Gasteiger partial charge on any atom is -0.394 e. The molecule has 2 unspecified atom stereocenters. The van der Waals surface area contributed by atoms with Crippen molar-refractivity contribution < 1.29 is 42.6 Å². The average Bonchev–Trinajstić information content (AvgIpc) is 3.27. The van der Waals surface area contributed by atoms with Crippen molar-refractivity contribution in [2.24, 2.45) is 5.92 Å². The number of nitrogens with zero attached hydrogens (tertiary/aromatic N) is 2. The van der Waals surface area contributed by atoms with Crippen LogP contribution in [-0.2, 0) is 20.9 Å². The van der Waals surface area contributed by atoms with E-state index >= 15 is 0 Å². The SMILES string of the molecule is CC(C)C(OCc1cn([C@H]2CC(O)[C@@H](CO)O2)c(=O)[nH]c1=O)c1ccc(C#CCCC(=O)C(F)(F)F)cc1[N+](=O)[O-]. The molecule has 222 valence electrons. The van der Waals surface area contributed by atoms with E-state index in [2.05, 4.69) is 16.8 Å². The number of nitrogens with one attached hydrogen (secondary N) is 1. The fraction of sp³-hybridized carbons (Fsp3) is 0.500. The quantitative estimate of drug-likeness (QED) is 0.215. The molecule has 12 nitrogen and oxygen atoms in total. The standard InChI is InChI=1S/C26H28F3N3O9/c1-14(2)23(17-8-7-15(9-18(17)32(38)39)5-3-4-6-21(35)26(27,28)29)40-13-16-11-31(25(37)30-24(16)36)22-10-19(34)20(12-33)41-22/h7-9,11,14,19-20,22-23,33-34H,4,6,10,12-13H2,1-2H3,(H,30,36,37)/t19?,20-,22-,23?/m1/s1. The molecule has 1 aliphatic heterocycles. The second-order valence-corrected chi connectivity index (χ2v) is 9.66. The van der Waals surface area contributed by atoms with Crippen LogP contribution in [0.3, 0.4) is 0 Å². The summed E-state index contributed by atoms with van der Waals surface area (Å²) >= 11 is 0. The Morgan fingerprint density at radius 2 is 2.05 bits per heavy atom. The number of nitro benzene ring substituents is 1. The highest BCUT2D eigenvalue weighted by atomic mass is 19.4. The van der Waals surface area contributed by atoms with Gasteiger partial charge in [0.15, 0.2) is 0 Å². The molecule has 0 spiro atoms. The van der Waals surface area contributed by atoms with Crippen LogP contribution in [0.4, 0.5) is 18.9 Å². The molecule has 1 aromatic heterocycles. The van der Waals surface area contributed by atoms with Gasteiger partial charge in [-0.2, -0.15) is 13.2 Å². The molecule has 1 aliphatic rings. The predicted octanol–water partition coefficient (Wildman–Crippen LogP) is 2.26. The number of carbonyl (C=O) groups is 1. The van der Waals surface area contributed by atoms with E-state index < -0.39 is 65.7 Å². The lowest BCUT2D eigenvalue weighted by Gasteiger charge is -2.22. The molecule has 15 heteroatoms. The average molecular weight is 584 g/mol. The number of aliphatic hydroxyl groups excluding tert-OH is 2. The number of ketones is 1. The van der Waals surface area contributed by atoms with Gasteiger partial charge < -0.3 is 19.7 Å². The number of H-pyrrole nitrogens is 1. The van der Waals surface area contributed by atoms with Crippen LogP contribution >= 0.6 is 0 Å². The molecule has 0 saturated carbocycles. The van der Waals surface area contributed by atoms with Crippen molar-refractivity contribution in [3.05, 3.63) is 72.0 Å². The second-order valence-electron chi connectivity index (χ2n) is 9.66. The number of aromatic nitrogens is 2. The summed E-state index contributed by atoms with van der Waals surface area (Å²) in [6.45, 7) is 2.63. The predicted molar refractivity (Wildman–Crippen MR) is 136 cm³/mol. The number of aromatic amines is 1. The summed E-state index contributed by atoms with van der Waals surface area (Å²) in [7, 11) is 0. The Kier molecular flexibility index (Phi) is 10.2. The number of benzene rings is 1. The summed E-state index contributed by atoms with van der Waals surface area (Å²) in [6.07, 6.45) is -8.75. The summed E-state index contributed by atoms with van der Waals surface area (Å²) in [5.74, 6) is 2.68. The topological polar surface area (TPSA) is 174 Å². The number of hydrogen-bond acceptors (Lipinski definition) is 9. The third kappa shape index (κ3) is 7.88. The molecule has 4 atom stereocenters. The van der Waals surface area contributed by atoms with Crippen LogP contribution in [-0.4, -0.2) is 55.5 Å². The van der Waals surface area contributed by atoms with Gasteiger partial charge in [0.05, 0.1) is 41.5 Å². The smallest absolute Gasteiger partial charge is 0.394 e. The van der Waals surface area contributed by atoms with E-state index in [1.54, 1.807) is 13.8 Å². The molecule has 3 N–H and O–H groups in total. The molecular formula is C26H28F3N3O9. The number of aliphatic hydroxyl groups is 2. The Morgan fingerprint density at radius 1 is 1.34 bits per heavy atom. The minimum atomic E-state index is -4.95. The molecule has 0 amide bonds. The highest BCUT2D eigenvalue weighted by Crippen LogP contribution is 2.34. The van der Waals surface area contributed by atoms with Crippen LogP contribution < -0.4 is 11.2 Å². The first-order valence-corrected chi connectivity index (χ1v) is 12.5. The van der Waals surface area contributed by atoms with Crippen molar-refractivity contribution in [3.8, 4) is 11.8 Å². The number of halogens is 3. The third-order valence-corrected chi connectivity index (χ3v) is 6.32. The lowest BCUT2D eigenvalue weighted by Crippen LogP contribution is -2.34. The van der Waals surface area contributed by atoms with E-state index in [-0.39, 0.29) is 47.7 Å². The van der Waals surface area contributed by atoms with Gasteiger partial charge in [-0.1, -0.05) is 25.7 Å². The lowest BCUT2D eigenvalue weighted by molar-refractivity contribution is -0.386. The molecule has 1 aromatic carbocycles. The fourth-order valence-electron chi connectivity index (χ4n) is 4.22. The van der Waals surface area contributed by atoms with Gasteiger partial charge in [0.2, 0.25) is 5.78 Å². The van der Waals surface area contributed by atoms with Crippen LogP contribution in [0.1, 0.15) is 62.1 Å². The number of Topliss-reactive ketones (excluding diaryl/α,β-unsaturated/α-hetero) is 1. The van der Waals surface area contributed by atoms with Crippen LogP contribution in [0.2, 0.25) is 0 Å². The van der Waals surface area contributed by atoms with Gasteiger partial charge in [-0.15, -0.1) is 0 Å². The zero-order valence-corrected chi connectivity index (χ0v) is 22.0. The molecular weight excluding hydrogens is 555 g/mol. The van der Waals surface area contributed by atoms with Gasteiger partial charge in [-0.25, -0.2) is 4.79 Å². The van der Waals surface area contributed by atoms with Gasteiger partial charge in [0.1, 0.15) is 12.3 Å². The van der Waals surface area contributed by atoms with Gasteiger partial charge in [0.25, 0.3) is 11.2 Å². The monoisotopic (exact) mass is 583 g/mol. The Balaban J connectivity index is 1.82. The maximum atomic E-state index is 12.5. The molecule has 2 aromatic rings. The maximum Gasteiger partial charge on any atom is 0.450 e. The Hall–Kier alpha value is -3.84. The number of nitro groups is 1. The van der Waals surface area contributed by atoms with Gasteiger partial charge in [0, 0.05) is 37.1 Å². The van der Waals surface area contributed by atoms with Crippen molar-refractivity contribution >= 4 is 11.5 Å². The van der Waals surface area contributed by atoms with Crippen molar-refractivity contribution in [2.45, 2.75) is 70.4 Å². The van der Waals surface area contributed by atoms with E-state index in [9.17, 15) is 47.9 Å². The first-order chi connectivity index (χ1) is 19.2. The van der Waals surface area contributed by atoms with Crippen molar-refractivity contribution in [1.82, 2.24) is 9.55 Å². The number of ether oxygens (including phenoxy) is 2. The Labute approximate surface area is 230 Å². The first-order valence-electron chi connectivity index (χ1n) is 12.5. The molecule has 0 radical (unpaired) electrons. The Morgan fingerprint density at radius 3 is 2.63 bits per heavy atom. The van der Waals surface area contributed by atoms with Crippen molar-refractivity contribution in [3.63, 3.8) is 0 Å². The zero-order valence-electron chi connectivity index (χ0n) is 22.0. The second kappa shape index (κ2) is 13.2. The number of carbonyl (C=O) groups excluding carboxylic acids is 1. The van der Waals surface area contributed by atoms with Gasteiger partial charge in [-0.3, -0.25) is 29.3 Å². The largest absolute Gasteiger partial charge is 0.450 e. The molecule has 1 saturated heterocycles. The molecule has 41 heavy (non-hydrogen) atoms. The van der Waals surface area contributed by atoms with Crippen molar-refractivity contribution in [2.75, 3.05) is 6.61 Å². The summed E-state index contributed by atoms with van der Waals surface area (Å²) in [6, 6.07) is 3.95. The highest BCUT2D eigenvalue weighted by Gasteiger charge is 2.37. The van der Waals surface area contributed by atoms with Crippen LogP contribution in [0.25, 0.3) is 0 Å². The molecule has 1 fully saturated rings. The Bertz CT molecular complexity index is 1460. The lowest BCUT2D eigenvalue weighted by atomic mass is 9.96. The molecule has 2 heterocycles. The first kappa shape index (κ1) is 31.7. The van der Waals surface area contributed by atoms with Gasteiger partial charge in [-0.05, 0) is 18.1 Å². The summed E-state index contributed by atoms with van der Waals surface area (Å²) in [4.78, 5) is 49.1. The zero-order chi connectivity index (χ0) is 30.5. The fourth-order valence-corrected chi connectivity index (χ4v) is 4.22. The normalized spacial score (nSPS) is 19.6. The highest BCUT2D eigenvalue weighted by molar-refractivity contribution is 5.84. The third-order valence-electron chi connectivity index (χ3n) is 6.32. The molecule has 0 aliphatic carbocycles. The van der Waals surface area contributed by atoms with Crippen molar-refractivity contribution in [1.29, 1.82) is 0 Å². The van der Waals surface area contributed by atoms with E-state index in [0.29, 0.717) is 0 Å². The maximum absolute atomic E-state index is 12.5. The van der Waals surface area contributed by atoms with Crippen LogP contribution in [0.15, 0.2) is 34.0 Å². The van der Waals surface area contributed by atoms with Crippen LogP contribution in [0.5, 0.6) is 0 Å². The number of alkyl halides is 3. The van der Waals surface area contributed by atoms with E-state index in [1.165, 1.54) is 18.3 Å². The van der Waals surface area contributed by atoms with E-state index in [4.69, 9.17) is 9.47 Å². The molecule has 3 rings (SSSR count). The van der Waals surface area contributed by atoms with Crippen LogP contribution in [0, 0.1) is 27.9 Å².